The predicted octanol–water partition coefficient (Wildman–Crippen LogP) is 7.18. The third kappa shape index (κ3) is 6.52. The van der Waals surface area contributed by atoms with Crippen molar-refractivity contribution in [1.82, 2.24) is 0 Å². The number of benzene rings is 1. The number of nitrogens with zero attached hydrogens (tertiary/aromatic N) is 1. The van der Waals surface area contributed by atoms with E-state index in [-0.39, 0.29) is 0 Å². The summed E-state index contributed by atoms with van der Waals surface area (Å²) >= 11 is 0. The minimum absolute atomic E-state index is 0.569. The first-order valence-electron chi connectivity index (χ1n) is 11.3. The predicted molar refractivity (Wildman–Crippen MR) is 118 cm³/mol. The molecule has 0 spiro atoms. The van der Waals surface area contributed by atoms with E-state index >= 15 is 0 Å². The van der Waals surface area contributed by atoms with Crippen LogP contribution in [0.25, 0.3) is 0 Å². The van der Waals surface area contributed by atoms with Crippen LogP contribution < -0.4 is 10.2 Å². The zero-order chi connectivity index (χ0) is 18.8. The normalized spacial score (nSPS) is 15.8. The van der Waals surface area contributed by atoms with Crippen molar-refractivity contribution in [3.63, 3.8) is 0 Å². The zero-order valence-corrected chi connectivity index (χ0v) is 17.8. The molecule has 2 rings (SSSR count). The summed E-state index contributed by atoms with van der Waals surface area (Å²) in [6, 6.07) is 8.30. The van der Waals surface area contributed by atoms with Crippen molar-refractivity contribution >= 4 is 11.4 Å². The molecule has 0 bridgehead atoms. The van der Waals surface area contributed by atoms with Gasteiger partial charge in [0, 0.05) is 30.0 Å². The highest BCUT2D eigenvalue weighted by Crippen LogP contribution is 2.33. The summed E-state index contributed by atoms with van der Waals surface area (Å²) in [5.41, 5.74) is 4.33. The molecule has 0 radical (unpaired) electrons. The Morgan fingerprint density at radius 3 is 2.31 bits per heavy atom. The monoisotopic (exact) mass is 358 g/mol. The van der Waals surface area contributed by atoms with Gasteiger partial charge in [-0.05, 0) is 56.9 Å². The second kappa shape index (κ2) is 11.5. The van der Waals surface area contributed by atoms with Crippen LogP contribution in [0.1, 0.15) is 97.5 Å². The minimum Gasteiger partial charge on any atom is -0.383 e. The van der Waals surface area contributed by atoms with Gasteiger partial charge in [0.15, 0.2) is 0 Å². The van der Waals surface area contributed by atoms with Gasteiger partial charge in [0.25, 0.3) is 0 Å². The lowest BCUT2D eigenvalue weighted by Crippen LogP contribution is -2.31. The average molecular weight is 359 g/mol. The van der Waals surface area contributed by atoms with Crippen molar-refractivity contribution < 1.29 is 0 Å². The summed E-state index contributed by atoms with van der Waals surface area (Å²) in [5.74, 6) is 0. The van der Waals surface area contributed by atoms with Crippen LogP contribution in [-0.4, -0.2) is 18.6 Å². The van der Waals surface area contributed by atoms with E-state index in [1.165, 1.54) is 94.1 Å². The van der Waals surface area contributed by atoms with Gasteiger partial charge in [-0.3, -0.25) is 0 Å². The topological polar surface area (TPSA) is 15.3 Å². The van der Waals surface area contributed by atoms with Gasteiger partial charge in [-0.2, -0.15) is 0 Å². The van der Waals surface area contributed by atoms with Crippen molar-refractivity contribution in [2.75, 3.05) is 16.8 Å². The lowest BCUT2D eigenvalue weighted by atomic mass is 10.1. The molecule has 0 aromatic heterocycles. The fraction of sp³-hybridized carbons (Fsp3) is 0.750. The molecule has 1 aliphatic rings. The molecule has 0 unspecified atom stereocenters. The summed E-state index contributed by atoms with van der Waals surface area (Å²) in [7, 11) is 0. The first-order chi connectivity index (χ1) is 12.7. The molecule has 1 aliphatic heterocycles. The Hall–Kier alpha value is -1.18. The molecule has 1 aromatic rings. The van der Waals surface area contributed by atoms with Crippen LogP contribution >= 0.6 is 0 Å². The first kappa shape index (κ1) is 21.1. The average Bonchev–Trinajstić information content (AvgIpc) is 3.05. The highest BCUT2D eigenvalue weighted by Gasteiger charge is 2.23. The summed E-state index contributed by atoms with van der Waals surface area (Å²) in [5, 5.41) is 3.72. The highest BCUT2D eigenvalue weighted by molar-refractivity contribution is 5.64. The standard InChI is InChI=1S/C24H42N2/c1-5-7-9-11-13-20(3)25-23-15-16-24-22(19-23)17-18-26(24)21(4)14-12-10-8-6-2/h15-16,19-21,25H,5-14,17-18H2,1-4H3/t20-,21+/m0/s1. The van der Waals surface area contributed by atoms with E-state index in [1.807, 2.05) is 0 Å². The molecule has 0 amide bonds. The van der Waals surface area contributed by atoms with E-state index in [0.29, 0.717) is 12.1 Å². The SMILES string of the molecule is CCCCCC[C@@H](C)N1CCc2cc(N[C@@H](C)CCCCCC)ccc21. The van der Waals surface area contributed by atoms with Gasteiger partial charge < -0.3 is 10.2 Å². The largest absolute Gasteiger partial charge is 0.383 e. The highest BCUT2D eigenvalue weighted by atomic mass is 15.2. The molecule has 1 aromatic carbocycles. The fourth-order valence-electron chi connectivity index (χ4n) is 4.23. The van der Waals surface area contributed by atoms with Gasteiger partial charge in [-0.1, -0.05) is 65.2 Å². The van der Waals surface area contributed by atoms with Crippen molar-refractivity contribution in [2.24, 2.45) is 0 Å². The lowest BCUT2D eigenvalue weighted by Gasteiger charge is -2.27. The Kier molecular flexibility index (Phi) is 9.36. The zero-order valence-electron chi connectivity index (χ0n) is 17.8. The summed E-state index contributed by atoms with van der Waals surface area (Å²) < 4.78 is 0. The summed E-state index contributed by atoms with van der Waals surface area (Å²) in [4.78, 5) is 2.64. The molecular weight excluding hydrogens is 316 g/mol. The van der Waals surface area contributed by atoms with E-state index in [1.54, 1.807) is 0 Å². The van der Waals surface area contributed by atoms with Crippen LogP contribution in [0.15, 0.2) is 18.2 Å². The van der Waals surface area contributed by atoms with Gasteiger partial charge in [-0.25, -0.2) is 0 Å². The molecule has 0 saturated carbocycles. The van der Waals surface area contributed by atoms with E-state index < -0.39 is 0 Å². The third-order valence-electron chi connectivity index (χ3n) is 5.92. The maximum absolute atomic E-state index is 3.72. The van der Waals surface area contributed by atoms with E-state index in [2.05, 4.69) is 56.1 Å². The summed E-state index contributed by atoms with van der Waals surface area (Å²) in [6.45, 7) is 10.5. The van der Waals surface area contributed by atoms with Crippen LogP contribution in [0.3, 0.4) is 0 Å². The second-order valence-corrected chi connectivity index (χ2v) is 8.38. The number of fused-ring (bicyclic) bond motifs is 1. The van der Waals surface area contributed by atoms with Gasteiger partial charge in [0.1, 0.15) is 0 Å². The van der Waals surface area contributed by atoms with Crippen molar-refractivity contribution in [2.45, 2.75) is 110 Å². The van der Waals surface area contributed by atoms with Crippen molar-refractivity contribution in [3.05, 3.63) is 23.8 Å². The van der Waals surface area contributed by atoms with E-state index in [9.17, 15) is 0 Å². The number of hydrogen-bond donors (Lipinski definition) is 1. The summed E-state index contributed by atoms with van der Waals surface area (Å²) in [6.07, 6.45) is 14.7. The molecule has 148 valence electrons. The number of unbranched alkanes of at least 4 members (excludes halogenated alkanes) is 6. The molecule has 26 heavy (non-hydrogen) atoms. The van der Waals surface area contributed by atoms with Crippen LogP contribution in [0, 0.1) is 0 Å². The van der Waals surface area contributed by atoms with Crippen molar-refractivity contribution in [3.8, 4) is 0 Å². The molecule has 2 atom stereocenters. The smallest absolute Gasteiger partial charge is 0.0403 e. The van der Waals surface area contributed by atoms with Crippen LogP contribution in [0.2, 0.25) is 0 Å². The number of hydrogen-bond acceptors (Lipinski definition) is 2. The second-order valence-electron chi connectivity index (χ2n) is 8.38. The van der Waals surface area contributed by atoms with Crippen LogP contribution in [-0.2, 0) is 6.42 Å². The molecule has 1 heterocycles. The maximum atomic E-state index is 3.72. The quantitative estimate of drug-likeness (QED) is 0.376. The van der Waals surface area contributed by atoms with Gasteiger partial charge >= 0.3 is 0 Å². The molecule has 0 fully saturated rings. The van der Waals surface area contributed by atoms with E-state index in [0.717, 1.165) is 0 Å². The van der Waals surface area contributed by atoms with Gasteiger partial charge in [0.05, 0.1) is 0 Å². The van der Waals surface area contributed by atoms with E-state index in [4.69, 9.17) is 0 Å². The Bertz CT molecular complexity index is 511. The number of nitrogens with one attached hydrogen (secondary N) is 1. The molecule has 1 N–H and O–H groups in total. The maximum Gasteiger partial charge on any atom is 0.0403 e. The van der Waals surface area contributed by atoms with Crippen molar-refractivity contribution in [1.29, 1.82) is 0 Å². The Balaban J connectivity index is 1.83. The Morgan fingerprint density at radius 2 is 1.62 bits per heavy atom. The van der Waals surface area contributed by atoms with Crippen LogP contribution in [0.5, 0.6) is 0 Å². The molecule has 0 aliphatic carbocycles. The Morgan fingerprint density at radius 1 is 0.923 bits per heavy atom. The first-order valence-corrected chi connectivity index (χ1v) is 11.3. The Labute approximate surface area is 162 Å². The minimum atomic E-state index is 0.569. The van der Waals surface area contributed by atoms with Gasteiger partial charge in [0.2, 0.25) is 0 Å². The molecule has 2 heteroatoms. The molecule has 2 nitrogen and oxygen atoms in total. The fourth-order valence-corrected chi connectivity index (χ4v) is 4.23. The van der Waals surface area contributed by atoms with Crippen LogP contribution in [0.4, 0.5) is 11.4 Å². The number of anilines is 2. The van der Waals surface area contributed by atoms with Gasteiger partial charge in [-0.15, -0.1) is 0 Å². The third-order valence-corrected chi connectivity index (χ3v) is 5.92. The molecular formula is C24H42N2. The number of rotatable bonds is 13. The lowest BCUT2D eigenvalue weighted by molar-refractivity contribution is 0.545. The molecule has 0 saturated heterocycles.